The smallest absolute Gasteiger partial charge is 0.248 e. The van der Waals surface area contributed by atoms with Gasteiger partial charge in [-0.05, 0) is 30.0 Å². The maximum Gasteiger partial charge on any atom is 0.248 e. The predicted octanol–water partition coefficient (Wildman–Crippen LogP) is 2.10. The van der Waals surface area contributed by atoms with Crippen LogP contribution in [0, 0.1) is 6.92 Å². The second kappa shape index (κ2) is 3.57. The van der Waals surface area contributed by atoms with Gasteiger partial charge in [0.05, 0.1) is 0 Å². The fourth-order valence-corrected chi connectivity index (χ4v) is 1.49. The van der Waals surface area contributed by atoms with Gasteiger partial charge in [-0.15, -0.1) is 0 Å². The summed E-state index contributed by atoms with van der Waals surface area (Å²) >= 11 is 0. The molecular weight excluding hydrogens is 190 g/mol. The molecule has 0 unspecified atom stereocenters. The molecule has 1 aromatic rings. The number of hydrogen-bond acceptors (Lipinski definition) is 2. The Morgan fingerprint density at radius 1 is 1.33 bits per heavy atom. The first-order valence-electron chi connectivity index (χ1n) is 4.87. The van der Waals surface area contributed by atoms with E-state index < -0.39 is 5.91 Å². The lowest BCUT2D eigenvalue weighted by Crippen LogP contribution is -2.16. The molecule has 3 heteroatoms. The van der Waals surface area contributed by atoms with Crippen LogP contribution in [-0.4, -0.2) is 11.0 Å². The standard InChI is InChI=1S/C12H17NO2/c1-7-5-8(11(13)15)6-9(10(7)14)12(2,3)4/h5-6,14H,1-4H3,(H2,13,15). The van der Waals surface area contributed by atoms with Crippen molar-refractivity contribution in [2.24, 2.45) is 5.73 Å². The highest BCUT2D eigenvalue weighted by Crippen LogP contribution is 2.33. The van der Waals surface area contributed by atoms with Gasteiger partial charge in [-0.2, -0.15) is 0 Å². The number of phenols is 1. The number of aromatic hydroxyl groups is 1. The number of nitrogens with two attached hydrogens (primary N) is 1. The van der Waals surface area contributed by atoms with E-state index in [1.54, 1.807) is 19.1 Å². The number of phenolic OH excluding ortho intramolecular Hbond substituents is 1. The van der Waals surface area contributed by atoms with Crippen LogP contribution in [-0.2, 0) is 5.41 Å². The molecule has 0 aliphatic carbocycles. The summed E-state index contributed by atoms with van der Waals surface area (Å²) in [6, 6.07) is 3.26. The molecule has 0 aromatic heterocycles. The summed E-state index contributed by atoms with van der Waals surface area (Å²) in [5.74, 6) is -0.226. The highest BCUT2D eigenvalue weighted by Gasteiger charge is 2.21. The van der Waals surface area contributed by atoms with Crippen molar-refractivity contribution in [3.8, 4) is 5.75 Å². The molecule has 82 valence electrons. The number of carbonyl (C=O) groups is 1. The minimum absolute atomic E-state index is 0.208. The molecule has 0 fully saturated rings. The summed E-state index contributed by atoms with van der Waals surface area (Å²) < 4.78 is 0. The molecule has 0 spiro atoms. The number of hydrogen-bond donors (Lipinski definition) is 2. The van der Waals surface area contributed by atoms with Crippen molar-refractivity contribution in [2.45, 2.75) is 33.1 Å². The number of amides is 1. The number of rotatable bonds is 1. The molecule has 0 heterocycles. The lowest BCUT2D eigenvalue weighted by molar-refractivity contribution is 0.1000. The van der Waals surface area contributed by atoms with Crippen molar-refractivity contribution in [2.75, 3.05) is 0 Å². The summed E-state index contributed by atoms with van der Waals surface area (Å²) in [5, 5.41) is 9.89. The van der Waals surface area contributed by atoms with Crippen molar-refractivity contribution in [3.63, 3.8) is 0 Å². The normalized spacial score (nSPS) is 11.5. The van der Waals surface area contributed by atoms with E-state index in [-0.39, 0.29) is 11.2 Å². The van der Waals surface area contributed by atoms with Gasteiger partial charge in [0, 0.05) is 11.1 Å². The fourth-order valence-electron chi connectivity index (χ4n) is 1.49. The van der Waals surface area contributed by atoms with E-state index >= 15 is 0 Å². The van der Waals surface area contributed by atoms with Crippen LogP contribution in [0.4, 0.5) is 0 Å². The van der Waals surface area contributed by atoms with E-state index in [0.717, 1.165) is 5.56 Å². The SMILES string of the molecule is Cc1cc(C(N)=O)cc(C(C)(C)C)c1O. The van der Waals surface area contributed by atoms with E-state index in [0.29, 0.717) is 11.1 Å². The molecule has 15 heavy (non-hydrogen) atoms. The van der Waals surface area contributed by atoms with Crippen molar-refractivity contribution in [1.29, 1.82) is 0 Å². The second-order valence-corrected chi connectivity index (χ2v) is 4.80. The first kappa shape index (κ1) is 11.6. The maximum absolute atomic E-state index is 11.1. The second-order valence-electron chi connectivity index (χ2n) is 4.80. The van der Waals surface area contributed by atoms with Gasteiger partial charge in [-0.1, -0.05) is 20.8 Å². The molecule has 0 radical (unpaired) electrons. The Bertz CT molecular complexity index is 403. The molecular formula is C12H17NO2. The molecule has 0 aliphatic rings. The van der Waals surface area contributed by atoms with Gasteiger partial charge in [0.2, 0.25) is 5.91 Å². The van der Waals surface area contributed by atoms with Gasteiger partial charge in [0.25, 0.3) is 0 Å². The number of aryl methyl sites for hydroxylation is 1. The molecule has 1 rings (SSSR count). The lowest BCUT2D eigenvalue weighted by atomic mass is 9.84. The molecule has 3 N–H and O–H groups in total. The molecule has 3 nitrogen and oxygen atoms in total. The Morgan fingerprint density at radius 3 is 2.27 bits per heavy atom. The number of primary amides is 1. The van der Waals surface area contributed by atoms with Gasteiger partial charge < -0.3 is 10.8 Å². The van der Waals surface area contributed by atoms with Gasteiger partial charge in [0.15, 0.2) is 0 Å². The van der Waals surface area contributed by atoms with E-state index in [1.165, 1.54) is 0 Å². The molecule has 0 atom stereocenters. The quantitative estimate of drug-likeness (QED) is 0.740. The van der Waals surface area contributed by atoms with E-state index in [9.17, 15) is 9.90 Å². The molecule has 0 aliphatic heterocycles. The zero-order chi connectivity index (χ0) is 11.8. The average molecular weight is 207 g/mol. The van der Waals surface area contributed by atoms with Gasteiger partial charge in [0.1, 0.15) is 5.75 Å². The third-order valence-electron chi connectivity index (χ3n) is 2.39. The minimum atomic E-state index is -0.469. The maximum atomic E-state index is 11.1. The van der Waals surface area contributed by atoms with Gasteiger partial charge in [-0.3, -0.25) is 4.79 Å². The molecule has 0 bridgehead atoms. The van der Waals surface area contributed by atoms with Crippen LogP contribution in [0.2, 0.25) is 0 Å². The third kappa shape index (κ3) is 2.29. The van der Waals surface area contributed by atoms with Crippen LogP contribution >= 0.6 is 0 Å². The minimum Gasteiger partial charge on any atom is -0.507 e. The van der Waals surface area contributed by atoms with Crippen LogP contribution < -0.4 is 5.73 Å². The van der Waals surface area contributed by atoms with E-state index in [2.05, 4.69) is 0 Å². The van der Waals surface area contributed by atoms with Crippen LogP contribution in [0.1, 0.15) is 42.3 Å². The summed E-state index contributed by atoms with van der Waals surface area (Å²) in [6.07, 6.45) is 0. The monoisotopic (exact) mass is 207 g/mol. The largest absolute Gasteiger partial charge is 0.507 e. The molecule has 0 saturated carbocycles. The average Bonchev–Trinajstić information content (AvgIpc) is 2.06. The molecule has 1 amide bonds. The van der Waals surface area contributed by atoms with Crippen molar-refractivity contribution < 1.29 is 9.90 Å². The Labute approximate surface area is 89.9 Å². The first-order valence-corrected chi connectivity index (χ1v) is 4.87. The summed E-state index contributed by atoms with van der Waals surface area (Å²) in [7, 11) is 0. The Balaban J connectivity index is 3.45. The van der Waals surface area contributed by atoms with Gasteiger partial charge >= 0.3 is 0 Å². The first-order chi connectivity index (χ1) is 6.73. The van der Waals surface area contributed by atoms with E-state index in [1.807, 2.05) is 20.8 Å². The zero-order valence-electron chi connectivity index (χ0n) is 9.59. The number of carbonyl (C=O) groups excluding carboxylic acids is 1. The lowest BCUT2D eigenvalue weighted by Gasteiger charge is -2.22. The van der Waals surface area contributed by atoms with Crippen LogP contribution in [0.3, 0.4) is 0 Å². The topological polar surface area (TPSA) is 63.3 Å². The Morgan fingerprint density at radius 2 is 1.87 bits per heavy atom. The van der Waals surface area contributed by atoms with Crippen LogP contribution in [0.15, 0.2) is 12.1 Å². The highest BCUT2D eigenvalue weighted by atomic mass is 16.3. The fraction of sp³-hybridized carbons (Fsp3) is 0.417. The summed E-state index contributed by atoms with van der Waals surface area (Å²) in [6.45, 7) is 7.70. The number of benzene rings is 1. The van der Waals surface area contributed by atoms with Crippen molar-refractivity contribution >= 4 is 5.91 Å². The van der Waals surface area contributed by atoms with Gasteiger partial charge in [-0.25, -0.2) is 0 Å². The molecule has 0 saturated heterocycles. The highest BCUT2D eigenvalue weighted by molar-refractivity contribution is 5.93. The zero-order valence-corrected chi connectivity index (χ0v) is 9.59. The third-order valence-corrected chi connectivity index (χ3v) is 2.39. The van der Waals surface area contributed by atoms with E-state index in [4.69, 9.17) is 5.73 Å². The predicted molar refractivity (Wildman–Crippen MR) is 60.1 cm³/mol. The molecule has 1 aromatic carbocycles. The Kier molecular flexibility index (Phi) is 2.75. The Hall–Kier alpha value is -1.51. The van der Waals surface area contributed by atoms with Crippen molar-refractivity contribution in [1.82, 2.24) is 0 Å². The van der Waals surface area contributed by atoms with Crippen molar-refractivity contribution in [3.05, 3.63) is 28.8 Å². The van der Waals surface area contributed by atoms with Crippen LogP contribution in [0.25, 0.3) is 0 Å². The summed E-state index contributed by atoms with van der Waals surface area (Å²) in [5.41, 5.74) is 6.88. The summed E-state index contributed by atoms with van der Waals surface area (Å²) in [4.78, 5) is 11.1. The van der Waals surface area contributed by atoms with Crippen LogP contribution in [0.5, 0.6) is 5.75 Å².